The number of amides is 1. The maximum Gasteiger partial charge on any atom is 0.252 e. The van der Waals surface area contributed by atoms with E-state index >= 15 is 0 Å². The van der Waals surface area contributed by atoms with Crippen LogP contribution in [0.15, 0.2) is 23.1 Å². The molecule has 0 spiro atoms. The molecule has 134 valence electrons. The van der Waals surface area contributed by atoms with E-state index in [1.54, 1.807) is 0 Å². The van der Waals surface area contributed by atoms with Crippen LogP contribution in [0.1, 0.15) is 10.4 Å². The van der Waals surface area contributed by atoms with Crippen molar-refractivity contribution in [2.75, 3.05) is 53.5 Å². The van der Waals surface area contributed by atoms with Gasteiger partial charge in [-0.3, -0.25) is 9.69 Å². The Labute approximate surface area is 147 Å². The van der Waals surface area contributed by atoms with Crippen LogP contribution in [0, 0.1) is 0 Å². The molecule has 1 heterocycles. The second-order valence-corrected chi connectivity index (χ2v) is 8.20. The van der Waals surface area contributed by atoms with E-state index < -0.39 is 10.0 Å². The Morgan fingerprint density at radius 3 is 2.62 bits per heavy atom. The molecule has 0 aliphatic carbocycles. The smallest absolute Gasteiger partial charge is 0.252 e. The maximum absolute atomic E-state index is 12.3. The third kappa shape index (κ3) is 4.67. The quantitative estimate of drug-likeness (QED) is 0.789. The van der Waals surface area contributed by atoms with Gasteiger partial charge >= 0.3 is 0 Å². The first-order valence-corrected chi connectivity index (χ1v) is 9.44. The number of halogens is 1. The van der Waals surface area contributed by atoms with Crippen molar-refractivity contribution < 1.29 is 17.9 Å². The fourth-order valence-electron chi connectivity index (χ4n) is 2.30. The normalized spacial score (nSPS) is 16.3. The molecular formula is C15H22ClN3O4S. The predicted octanol–water partition coefficient (Wildman–Crippen LogP) is 0.652. The van der Waals surface area contributed by atoms with Crippen molar-refractivity contribution in [3.63, 3.8) is 0 Å². The number of morpholine rings is 1. The van der Waals surface area contributed by atoms with E-state index in [9.17, 15) is 13.2 Å². The number of nitrogens with one attached hydrogen (secondary N) is 1. The minimum atomic E-state index is -3.61. The van der Waals surface area contributed by atoms with Gasteiger partial charge in [0, 0.05) is 40.3 Å². The number of nitrogens with zero attached hydrogens (tertiary/aromatic N) is 2. The molecule has 0 bridgehead atoms. The molecule has 1 aromatic rings. The molecule has 1 fully saturated rings. The Kier molecular flexibility index (Phi) is 6.59. The molecule has 1 N–H and O–H groups in total. The number of ether oxygens (including phenoxy) is 1. The Bertz CT molecular complexity index is 688. The number of sulfonamides is 1. The van der Waals surface area contributed by atoms with Crippen molar-refractivity contribution in [3.8, 4) is 0 Å². The summed E-state index contributed by atoms with van der Waals surface area (Å²) in [6.45, 7) is 4.25. The van der Waals surface area contributed by atoms with Gasteiger partial charge in [0.05, 0.1) is 28.7 Å². The van der Waals surface area contributed by atoms with Gasteiger partial charge in [-0.1, -0.05) is 11.6 Å². The molecule has 1 saturated heterocycles. The van der Waals surface area contributed by atoms with E-state index in [2.05, 4.69) is 10.2 Å². The van der Waals surface area contributed by atoms with Crippen LogP contribution in [-0.2, 0) is 14.8 Å². The van der Waals surface area contributed by atoms with Gasteiger partial charge in [-0.25, -0.2) is 12.7 Å². The lowest BCUT2D eigenvalue weighted by Gasteiger charge is -2.26. The number of carbonyl (C=O) groups excluding carboxylic acids is 1. The zero-order chi connectivity index (χ0) is 17.7. The lowest BCUT2D eigenvalue weighted by molar-refractivity contribution is 0.0383. The summed E-state index contributed by atoms with van der Waals surface area (Å²) in [7, 11) is -0.742. The van der Waals surface area contributed by atoms with Crippen LogP contribution < -0.4 is 5.32 Å². The summed E-state index contributed by atoms with van der Waals surface area (Å²) >= 11 is 6.05. The molecule has 1 aliphatic heterocycles. The third-order valence-corrected chi connectivity index (χ3v) is 5.92. The van der Waals surface area contributed by atoms with Gasteiger partial charge in [-0.15, -0.1) is 0 Å². The monoisotopic (exact) mass is 375 g/mol. The van der Waals surface area contributed by atoms with Crippen LogP contribution in [0.3, 0.4) is 0 Å². The van der Waals surface area contributed by atoms with Crippen LogP contribution in [0.4, 0.5) is 0 Å². The van der Waals surface area contributed by atoms with Crippen molar-refractivity contribution in [1.29, 1.82) is 0 Å². The molecule has 0 atom stereocenters. The van der Waals surface area contributed by atoms with Gasteiger partial charge in [0.1, 0.15) is 0 Å². The zero-order valence-corrected chi connectivity index (χ0v) is 15.4. The number of hydrogen-bond acceptors (Lipinski definition) is 5. The van der Waals surface area contributed by atoms with Crippen molar-refractivity contribution in [2.45, 2.75) is 4.90 Å². The first kappa shape index (κ1) is 19.1. The van der Waals surface area contributed by atoms with Crippen LogP contribution >= 0.6 is 11.6 Å². The van der Waals surface area contributed by atoms with Gasteiger partial charge < -0.3 is 10.1 Å². The average Bonchev–Trinajstić information content (AvgIpc) is 2.55. The molecule has 24 heavy (non-hydrogen) atoms. The largest absolute Gasteiger partial charge is 0.379 e. The molecule has 0 unspecified atom stereocenters. The van der Waals surface area contributed by atoms with Crippen molar-refractivity contribution in [3.05, 3.63) is 28.8 Å². The van der Waals surface area contributed by atoms with E-state index in [0.717, 1.165) is 17.4 Å². The summed E-state index contributed by atoms with van der Waals surface area (Å²) in [5, 5.41) is 3.00. The Morgan fingerprint density at radius 1 is 1.33 bits per heavy atom. The number of hydrogen-bond donors (Lipinski definition) is 1. The summed E-state index contributed by atoms with van der Waals surface area (Å²) in [5.74, 6) is -0.385. The summed E-state index contributed by atoms with van der Waals surface area (Å²) in [6, 6.07) is 4.12. The Hall–Kier alpha value is -1.19. The molecule has 2 rings (SSSR count). The highest BCUT2D eigenvalue weighted by molar-refractivity contribution is 7.89. The van der Waals surface area contributed by atoms with E-state index in [0.29, 0.717) is 26.3 Å². The Balaban J connectivity index is 2.03. The molecule has 0 aromatic heterocycles. The number of carbonyl (C=O) groups is 1. The van der Waals surface area contributed by atoms with Crippen molar-refractivity contribution in [1.82, 2.24) is 14.5 Å². The van der Waals surface area contributed by atoms with Crippen LogP contribution in [0.2, 0.25) is 5.02 Å². The highest BCUT2D eigenvalue weighted by Crippen LogP contribution is 2.22. The molecule has 9 heteroatoms. The van der Waals surface area contributed by atoms with Gasteiger partial charge in [0.25, 0.3) is 5.91 Å². The molecule has 1 amide bonds. The first-order valence-electron chi connectivity index (χ1n) is 7.63. The molecule has 1 aromatic carbocycles. The van der Waals surface area contributed by atoms with Crippen LogP contribution in [0.5, 0.6) is 0 Å². The van der Waals surface area contributed by atoms with Crippen LogP contribution in [0.25, 0.3) is 0 Å². The standard InChI is InChI=1S/C15H22ClN3O4S/c1-18(2)24(21,22)12-3-4-14(16)13(11-12)15(20)17-5-6-19-7-9-23-10-8-19/h3-4,11H,5-10H2,1-2H3,(H,17,20). The maximum atomic E-state index is 12.3. The predicted molar refractivity (Wildman–Crippen MR) is 91.9 cm³/mol. The van der Waals surface area contributed by atoms with Crippen LogP contribution in [-0.4, -0.2) is 77.0 Å². The summed E-state index contributed by atoms with van der Waals surface area (Å²) in [4.78, 5) is 14.5. The fraction of sp³-hybridized carbons (Fsp3) is 0.533. The zero-order valence-electron chi connectivity index (χ0n) is 13.8. The van der Waals surface area contributed by atoms with Gasteiger partial charge in [0.15, 0.2) is 0 Å². The van der Waals surface area contributed by atoms with Crippen molar-refractivity contribution in [2.24, 2.45) is 0 Å². The summed E-state index contributed by atoms with van der Waals surface area (Å²) in [5.41, 5.74) is 0.154. The lowest BCUT2D eigenvalue weighted by Crippen LogP contribution is -2.41. The molecule has 7 nitrogen and oxygen atoms in total. The fourth-order valence-corrected chi connectivity index (χ4v) is 3.43. The topological polar surface area (TPSA) is 79.0 Å². The van der Waals surface area contributed by atoms with Gasteiger partial charge in [-0.05, 0) is 18.2 Å². The minimum Gasteiger partial charge on any atom is -0.379 e. The summed E-state index contributed by atoms with van der Waals surface area (Å²) in [6.07, 6.45) is 0. The molecule has 0 saturated carbocycles. The third-order valence-electron chi connectivity index (χ3n) is 3.78. The van der Waals surface area contributed by atoms with Gasteiger partial charge in [0.2, 0.25) is 10.0 Å². The second-order valence-electron chi connectivity index (χ2n) is 5.64. The lowest BCUT2D eigenvalue weighted by atomic mass is 10.2. The summed E-state index contributed by atoms with van der Waals surface area (Å²) < 4.78 is 30.7. The highest BCUT2D eigenvalue weighted by Gasteiger charge is 2.20. The average molecular weight is 376 g/mol. The van der Waals surface area contributed by atoms with Crippen molar-refractivity contribution >= 4 is 27.5 Å². The first-order chi connectivity index (χ1) is 11.3. The minimum absolute atomic E-state index is 0.0372. The van der Waals surface area contributed by atoms with E-state index in [1.165, 1.54) is 32.3 Å². The van der Waals surface area contributed by atoms with Gasteiger partial charge in [-0.2, -0.15) is 0 Å². The number of benzene rings is 1. The highest BCUT2D eigenvalue weighted by atomic mass is 35.5. The molecule has 1 aliphatic rings. The number of rotatable bonds is 6. The second kappa shape index (κ2) is 8.26. The molecule has 0 radical (unpaired) electrons. The Morgan fingerprint density at radius 2 is 2.00 bits per heavy atom. The molecular weight excluding hydrogens is 354 g/mol. The SMILES string of the molecule is CN(C)S(=O)(=O)c1ccc(Cl)c(C(=O)NCCN2CCOCC2)c1. The van der Waals surface area contributed by atoms with E-state index in [4.69, 9.17) is 16.3 Å². The van der Waals surface area contributed by atoms with E-state index in [-0.39, 0.29) is 21.4 Å². The van der Waals surface area contributed by atoms with E-state index in [1.807, 2.05) is 0 Å².